The van der Waals surface area contributed by atoms with E-state index in [-0.39, 0.29) is 17.8 Å². The van der Waals surface area contributed by atoms with Crippen LogP contribution in [0.2, 0.25) is 0 Å². The molecule has 0 N–H and O–H groups in total. The Hall–Kier alpha value is -1.51. The Kier molecular flexibility index (Phi) is 5.87. The van der Waals surface area contributed by atoms with Gasteiger partial charge in [-0.2, -0.15) is 0 Å². The first-order chi connectivity index (χ1) is 8.99. The Balaban J connectivity index is 2.75. The van der Waals surface area contributed by atoms with Gasteiger partial charge in [-0.25, -0.2) is 0 Å². The molecule has 0 heterocycles. The van der Waals surface area contributed by atoms with E-state index in [4.69, 9.17) is 4.74 Å². The number of benzene rings is 1. The third-order valence-electron chi connectivity index (χ3n) is 3.56. The Morgan fingerprint density at radius 2 is 1.84 bits per heavy atom. The Bertz CT molecular complexity index is 398. The maximum atomic E-state index is 11.8. The maximum absolute atomic E-state index is 11.8. The molecule has 3 nitrogen and oxygen atoms in total. The van der Waals surface area contributed by atoms with Crippen molar-refractivity contribution in [2.45, 2.75) is 27.2 Å². The third-order valence-corrected chi connectivity index (χ3v) is 3.56. The molecule has 0 amide bonds. The van der Waals surface area contributed by atoms with Crippen LogP contribution < -0.4 is 4.90 Å². The monoisotopic (exact) mass is 263 g/mol. The zero-order valence-corrected chi connectivity index (χ0v) is 12.6. The summed E-state index contributed by atoms with van der Waals surface area (Å²) < 4.78 is 4.88. The largest absolute Gasteiger partial charge is 0.469 e. The summed E-state index contributed by atoms with van der Waals surface area (Å²) in [6, 6.07) is 8.48. The average Bonchev–Trinajstić information content (AvgIpc) is 2.43. The van der Waals surface area contributed by atoms with Crippen LogP contribution in [0.25, 0.3) is 0 Å². The second kappa shape index (κ2) is 7.17. The number of carbonyl (C=O) groups is 1. The topological polar surface area (TPSA) is 29.5 Å². The number of carbonyl (C=O) groups excluding carboxylic acids is 1. The van der Waals surface area contributed by atoms with E-state index in [1.54, 1.807) is 0 Å². The molecule has 0 saturated heterocycles. The molecule has 1 atom stereocenters. The molecule has 3 heteroatoms. The number of methoxy groups -OCH3 is 1. The lowest BCUT2D eigenvalue weighted by molar-refractivity contribution is -0.146. The molecule has 0 aliphatic carbocycles. The zero-order chi connectivity index (χ0) is 14.4. The second-order valence-electron chi connectivity index (χ2n) is 5.27. The average molecular weight is 263 g/mol. The van der Waals surface area contributed by atoms with E-state index in [9.17, 15) is 4.79 Å². The molecule has 1 aromatic carbocycles. The van der Waals surface area contributed by atoms with Gasteiger partial charge in [-0.05, 0) is 30.0 Å². The molecule has 1 rings (SSSR count). The first kappa shape index (κ1) is 15.5. The van der Waals surface area contributed by atoms with Crippen LogP contribution in [-0.4, -0.2) is 26.7 Å². The molecule has 106 valence electrons. The molecule has 0 spiro atoms. The van der Waals surface area contributed by atoms with Crippen molar-refractivity contribution >= 4 is 11.7 Å². The third kappa shape index (κ3) is 4.27. The van der Waals surface area contributed by atoms with E-state index in [0.717, 1.165) is 12.1 Å². The number of rotatable bonds is 6. The van der Waals surface area contributed by atoms with E-state index in [0.29, 0.717) is 6.54 Å². The van der Waals surface area contributed by atoms with E-state index >= 15 is 0 Å². The Morgan fingerprint density at radius 3 is 2.26 bits per heavy atom. The standard InChI is InChI=1S/C16H25NO2/c1-6-13-7-9-14(10-8-13)17(4)11-15(12(2)3)16(18)19-5/h7-10,12,15H,6,11H2,1-5H3. The minimum Gasteiger partial charge on any atom is -0.469 e. The van der Waals surface area contributed by atoms with Crippen LogP contribution in [0, 0.1) is 11.8 Å². The van der Waals surface area contributed by atoms with Crippen LogP contribution in [0.3, 0.4) is 0 Å². The highest BCUT2D eigenvalue weighted by Crippen LogP contribution is 2.19. The number of ether oxygens (including phenoxy) is 1. The molecule has 1 unspecified atom stereocenters. The summed E-state index contributed by atoms with van der Waals surface area (Å²) in [4.78, 5) is 13.9. The van der Waals surface area contributed by atoms with Crippen molar-refractivity contribution in [3.05, 3.63) is 29.8 Å². The number of anilines is 1. The van der Waals surface area contributed by atoms with Crippen LogP contribution in [0.1, 0.15) is 26.3 Å². The molecule has 0 aliphatic heterocycles. The van der Waals surface area contributed by atoms with Crippen LogP contribution in [-0.2, 0) is 16.0 Å². The van der Waals surface area contributed by atoms with E-state index < -0.39 is 0 Å². The number of hydrogen-bond acceptors (Lipinski definition) is 3. The van der Waals surface area contributed by atoms with Gasteiger partial charge in [0, 0.05) is 19.3 Å². The highest BCUT2D eigenvalue weighted by molar-refractivity contribution is 5.73. The fraction of sp³-hybridized carbons (Fsp3) is 0.562. The molecule has 19 heavy (non-hydrogen) atoms. The maximum Gasteiger partial charge on any atom is 0.310 e. The van der Waals surface area contributed by atoms with Gasteiger partial charge in [-0.15, -0.1) is 0 Å². The van der Waals surface area contributed by atoms with Gasteiger partial charge in [0.25, 0.3) is 0 Å². The van der Waals surface area contributed by atoms with Crippen molar-refractivity contribution in [1.82, 2.24) is 0 Å². The fourth-order valence-corrected chi connectivity index (χ4v) is 2.10. The van der Waals surface area contributed by atoms with Crippen molar-refractivity contribution in [2.75, 3.05) is 25.6 Å². The minimum absolute atomic E-state index is 0.0964. The lowest BCUT2D eigenvalue weighted by atomic mass is 9.95. The fourth-order valence-electron chi connectivity index (χ4n) is 2.10. The van der Waals surface area contributed by atoms with E-state index in [2.05, 4.69) is 49.9 Å². The summed E-state index contributed by atoms with van der Waals surface area (Å²) in [5.74, 6) is 0.0395. The molecule has 0 saturated carbocycles. The van der Waals surface area contributed by atoms with Crippen molar-refractivity contribution in [3.63, 3.8) is 0 Å². The lowest BCUT2D eigenvalue weighted by Gasteiger charge is -2.26. The van der Waals surface area contributed by atoms with Crippen LogP contribution >= 0.6 is 0 Å². The van der Waals surface area contributed by atoms with Crippen LogP contribution in [0.4, 0.5) is 5.69 Å². The van der Waals surface area contributed by atoms with E-state index in [1.165, 1.54) is 12.7 Å². The second-order valence-corrected chi connectivity index (χ2v) is 5.27. The summed E-state index contributed by atoms with van der Waals surface area (Å²) in [6.45, 7) is 6.92. The van der Waals surface area contributed by atoms with Crippen LogP contribution in [0.5, 0.6) is 0 Å². The van der Waals surface area contributed by atoms with Gasteiger partial charge in [-0.1, -0.05) is 32.9 Å². The Labute approximate surface area is 116 Å². The molecule has 0 radical (unpaired) electrons. The van der Waals surface area contributed by atoms with Gasteiger partial charge >= 0.3 is 5.97 Å². The quantitative estimate of drug-likeness (QED) is 0.738. The normalized spacial score (nSPS) is 12.3. The summed E-state index contributed by atoms with van der Waals surface area (Å²) in [5, 5.41) is 0. The number of esters is 1. The molecule has 0 fully saturated rings. The van der Waals surface area contributed by atoms with Gasteiger partial charge in [-0.3, -0.25) is 4.79 Å². The summed E-state index contributed by atoms with van der Waals surface area (Å²) in [5.41, 5.74) is 2.46. The summed E-state index contributed by atoms with van der Waals surface area (Å²) in [7, 11) is 3.47. The van der Waals surface area contributed by atoms with Crippen molar-refractivity contribution in [3.8, 4) is 0 Å². The summed E-state index contributed by atoms with van der Waals surface area (Å²) in [6.07, 6.45) is 1.04. The molecular formula is C16H25NO2. The number of aryl methyl sites for hydroxylation is 1. The molecule has 1 aromatic rings. The van der Waals surface area contributed by atoms with Crippen molar-refractivity contribution in [2.24, 2.45) is 11.8 Å². The predicted molar refractivity (Wildman–Crippen MR) is 79.4 cm³/mol. The SMILES string of the molecule is CCc1ccc(N(C)CC(C(=O)OC)C(C)C)cc1. The number of hydrogen-bond donors (Lipinski definition) is 0. The molecule has 0 aromatic heterocycles. The highest BCUT2D eigenvalue weighted by atomic mass is 16.5. The van der Waals surface area contributed by atoms with E-state index in [1.807, 2.05) is 7.05 Å². The number of nitrogens with zero attached hydrogens (tertiary/aromatic N) is 1. The van der Waals surface area contributed by atoms with Crippen LogP contribution in [0.15, 0.2) is 24.3 Å². The lowest BCUT2D eigenvalue weighted by Crippen LogP contribution is -2.34. The molecule has 0 aliphatic rings. The Morgan fingerprint density at radius 1 is 1.26 bits per heavy atom. The van der Waals surface area contributed by atoms with Crippen molar-refractivity contribution in [1.29, 1.82) is 0 Å². The van der Waals surface area contributed by atoms with Gasteiger partial charge in [0.05, 0.1) is 13.0 Å². The zero-order valence-electron chi connectivity index (χ0n) is 12.6. The highest BCUT2D eigenvalue weighted by Gasteiger charge is 2.24. The van der Waals surface area contributed by atoms with Gasteiger partial charge in [0.1, 0.15) is 0 Å². The minimum atomic E-state index is -0.132. The summed E-state index contributed by atoms with van der Waals surface area (Å²) >= 11 is 0. The predicted octanol–water partition coefficient (Wildman–Crippen LogP) is 3.13. The van der Waals surface area contributed by atoms with Gasteiger partial charge in [0.2, 0.25) is 0 Å². The van der Waals surface area contributed by atoms with Gasteiger partial charge < -0.3 is 9.64 Å². The molecule has 0 bridgehead atoms. The first-order valence-electron chi connectivity index (χ1n) is 6.87. The van der Waals surface area contributed by atoms with Crippen molar-refractivity contribution < 1.29 is 9.53 Å². The molecular weight excluding hydrogens is 238 g/mol. The smallest absolute Gasteiger partial charge is 0.310 e. The first-order valence-corrected chi connectivity index (χ1v) is 6.87. The van der Waals surface area contributed by atoms with Gasteiger partial charge in [0.15, 0.2) is 0 Å².